The first-order chi connectivity index (χ1) is 13.2. The van der Waals surface area contributed by atoms with Gasteiger partial charge < -0.3 is 10.2 Å². The van der Waals surface area contributed by atoms with E-state index >= 15 is 0 Å². The fourth-order valence-electron chi connectivity index (χ4n) is 3.57. The van der Waals surface area contributed by atoms with Crippen molar-refractivity contribution in [2.45, 2.75) is 12.8 Å². The van der Waals surface area contributed by atoms with Crippen LogP contribution in [0.4, 0.5) is 4.39 Å². The molecule has 1 aromatic heterocycles. The molecule has 0 spiro atoms. The third-order valence-corrected chi connectivity index (χ3v) is 5.00. The SMILES string of the molecule is O=C(NCCN1CCCC1)c1cc(-c2ccccc2)nc2ccc(F)cc12. The number of amides is 1. The number of pyridine rings is 1. The van der Waals surface area contributed by atoms with Crippen LogP contribution < -0.4 is 5.32 Å². The summed E-state index contributed by atoms with van der Waals surface area (Å²) >= 11 is 0. The molecule has 4 rings (SSSR count). The Labute approximate surface area is 158 Å². The fraction of sp³-hybridized carbons (Fsp3) is 0.273. The van der Waals surface area contributed by atoms with Gasteiger partial charge in [-0.05, 0) is 50.2 Å². The lowest BCUT2D eigenvalue weighted by atomic mass is 10.0. The van der Waals surface area contributed by atoms with Crippen molar-refractivity contribution in [3.63, 3.8) is 0 Å². The molecule has 1 fully saturated rings. The maximum atomic E-state index is 13.8. The third-order valence-electron chi connectivity index (χ3n) is 5.00. The Bertz CT molecular complexity index is 952. The minimum absolute atomic E-state index is 0.190. The van der Waals surface area contributed by atoms with Crippen LogP contribution in [0.3, 0.4) is 0 Å². The van der Waals surface area contributed by atoms with Crippen LogP contribution in [-0.4, -0.2) is 42.0 Å². The normalized spacial score (nSPS) is 14.6. The number of likely N-dealkylation sites (tertiary alicyclic amines) is 1. The highest BCUT2D eigenvalue weighted by atomic mass is 19.1. The zero-order valence-electron chi connectivity index (χ0n) is 15.1. The highest BCUT2D eigenvalue weighted by Crippen LogP contribution is 2.25. The third kappa shape index (κ3) is 3.98. The summed E-state index contributed by atoms with van der Waals surface area (Å²) in [6.07, 6.45) is 2.45. The molecule has 138 valence electrons. The molecule has 1 N–H and O–H groups in total. The Morgan fingerprint density at radius 2 is 1.85 bits per heavy atom. The van der Waals surface area contributed by atoms with Gasteiger partial charge >= 0.3 is 0 Å². The lowest BCUT2D eigenvalue weighted by Gasteiger charge is -2.15. The van der Waals surface area contributed by atoms with Gasteiger partial charge in [-0.25, -0.2) is 9.37 Å². The standard InChI is InChI=1S/C22H22FN3O/c23-17-8-9-20-18(14-17)19(15-21(25-20)16-6-2-1-3-7-16)22(27)24-10-13-26-11-4-5-12-26/h1-3,6-9,14-15H,4-5,10-13H2,(H,24,27). The molecule has 5 heteroatoms. The van der Waals surface area contributed by atoms with Crippen molar-refractivity contribution in [2.24, 2.45) is 0 Å². The van der Waals surface area contributed by atoms with Crippen LogP contribution >= 0.6 is 0 Å². The van der Waals surface area contributed by atoms with Crippen LogP contribution in [0.25, 0.3) is 22.2 Å². The quantitative estimate of drug-likeness (QED) is 0.749. The molecule has 2 heterocycles. The molecule has 1 aliphatic rings. The zero-order valence-corrected chi connectivity index (χ0v) is 15.1. The van der Waals surface area contributed by atoms with Gasteiger partial charge in [0.15, 0.2) is 0 Å². The number of rotatable bonds is 5. The highest BCUT2D eigenvalue weighted by molar-refractivity contribution is 6.07. The van der Waals surface area contributed by atoms with E-state index in [0.29, 0.717) is 28.7 Å². The monoisotopic (exact) mass is 363 g/mol. The van der Waals surface area contributed by atoms with Crippen LogP contribution in [0.2, 0.25) is 0 Å². The van der Waals surface area contributed by atoms with Crippen LogP contribution in [0.15, 0.2) is 54.6 Å². The van der Waals surface area contributed by atoms with E-state index < -0.39 is 0 Å². The highest BCUT2D eigenvalue weighted by Gasteiger charge is 2.16. The van der Waals surface area contributed by atoms with Gasteiger partial charge in [0.05, 0.1) is 16.8 Å². The number of fused-ring (bicyclic) bond motifs is 1. The summed E-state index contributed by atoms with van der Waals surface area (Å²) in [5.74, 6) is -0.563. The summed E-state index contributed by atoms with van der Waals surface area (Å²) in [5.41, 5.74) is 2.71. The maximum Gasteiger partial charge on any atom is 0.252 e. The van der Waals surface area contributed by atoms with Crippen molar-refractivity contribution in [1.29, 1.82) is 0 Å². The van der Waals surface area contributed by atoms with Crippen LogP contribution in [0.5, 0.6) is 0 Å². The van der Waals surface area contributed by atoms with Gasteiger partial charge in [0.2, 0.25) is 0 Å². The number of nitrogens with one attached hydrogen (secondary N) is 1. The topological polar surface area (TPSA) is 45.2 Å². The van der Waals surface area contributed by atoms with Crippen molar-refractivity contribution in [3.8, 4) is 11.3 Å². The molecule has 1 aliphatic heterocycles. The molecule has 1 amide bonds. The lowest BCUT2D eigenvalue weighted by molar-refractivity contribution is 0.0951. The van der Waals surface area contributed by atoms with Gasteiger partial charge in [-0.1, -0.05) is 30.3 Å². The minimum atomic E-state index is -0.372. The first-order valence-corrected chi connectivity index (χ1v) is 9.37. The molecule has 2 aromatic carbocycles. The average Bonchev–Trinajstić information content (AvgIpc) is 3.21. The number of carbonyl (C=O) groups is 1. The number of aromatic nitrogens is 1. The fourth-order valence-corrected chi connectivity index (χ4v) is 3.57. The Balaban J connectivity index is 1.64. The van der Waals surface area contributed by atoms with Crippen LogP contribution in [0, 0.1) is 5.82 Å². The molecule has 0 saturated carbocycles. The molecule has 1 saturated heterocycles. The zero-order chi connectivity index (χ0) is 18.6. The molecule has 0 unspecified atom stereocenters. The van der Waals surface area contributed by atoms with Gasteiger partial charge in [-0.2, -0.15) is 0 Å². The second-order valence-corrected chi connectivity index (χ2v) is 6.89. The lowest BCUT2D eigenvalue weighted by Crippen LogP contribution is -2.33. The van der Waals surface area contributed by atoms with E-state index in [4.69, 9.17) is 0 Å². The van der Waals surface area contributed by atoms with Crippen molar-refractivity contribution >= 4 is 16.8 Å². The van der Waals surface area contributed by atoms with Gasteiger partial charge in [-0.15, -0.1) is 0 Å². The summed E-state index contributed by atoms with van der Waals surface area (Å²) in [5, 5.41) is 3.52. The van der Waals surface area contributed by atoms with E-state index in [2.05, 4.69) is 15.2 Å². The molecule has 0 bridgehead atoms. The number of hydrogen-bond acceptors (Lipinski definition) is 3. The Morgan fingerprint density at radius 3 is 2.63 bits per heavy atom. The van der Waals surface area contributed by atoms with E-state index in [-0.39, 0.29) is 11.7 Å². The summed E-state index contributed by atoms with van der Waals surface area (Å²) in [7, 11) is 0. The average molecular weight is 363 g/mol. The molecule has 0 atom stereocenters. The van der Waals surface area contributed by atoms with E-state index in [1.54, 1.807) is 12.1 Å². The van der Waals surface area contributed by atoms with Crippen molar-refractivity contribution < 1.29 is 9.18 Å². The van der Waals surface area contributed by atoms with E-state index in [1.165, 1.54) is 25.0 Å². The number of nitrogens with zero attached hydrogens (tertiary/aromatic N) is 2. The van der Waals surface area contributed by atoms with Gasteiger partial charge in [0.25, 0.3) is 5.91 Å². The van der Waals surface area contributed by atoms with Gasteiger partial charge in [0.1, 0.15) is 5.82 Å². The summed E-state index contributed by atoms with van der Waals surface area (Å²) in [4.78, 5) is 19.8. The Morgan fingerprint density at radius 1 is 1.07 bits per heavy atom. The second-order valence-electron chi connectivity index (χ2n) is 6.89. The maximum absolute atomic E-state index is 13.8. The second kappa shape index (κ2) is 7.84. The van der Waals surface area contributed by atoms with E-state index in [1.807, 2.05) is 30.3 Å². The van der Waals surface area contributed by atoms with Gasteiger partial charge in [0, 0.05) is 24.0 Å². The molecular formula is C22H22FN3O. The van der Waals surface area contributed by atoms with Crippen LogP contribution in [-0.2, 0) is 0 Å². The van der Waals surface area contributed by atoms with Crippen molar-refractivity contribution in [2.75, 3.05) is 26.2 Å². The minimum Gasteiger partial charge on any atom is -0.351 e. The van der Waals surface area contributed by atoms with Crippen LogP contribution in [0.1, 0.15) is 23.2 Å². The van der Waals surface area contributed by atoms with E-state index in [0.717, 1.165) is 25.2 Å². The predicted molar refractivity (Wildman–Crippen MR) is 105 cm³/mol. The van der Waals surface area contributed by atoms with Crippen molar-refractivity contribution in [3.05, 3.63) is 66.0 Å². The molecule has 27 heavy (non-hydrogen) atoms. The molecule has 4 nitrogen and oxygen atoms in total. The molecular weight excluding hydrogens is 341 g/mol. The smallest absolute Gasteiger partial charge is 0.252 e. The Hall–Kier alpha value is -2.79. The Kier molecular flexibility index (Phi) is 5.12. The number of halogens is 1. The van der Waals surface area contributed by atoms with E-state index in [9.17, 15) is 9.18 Å². The van der Waals surface area contributed by atoms with Crippen molar-refractivity contribution in [1.82, 2.24) is 15.2 Å². The number of hydrogen-bond donors (Lipinski definition) is 1. The van der Waals surface area contributed by atoms with Gasteiger partial charge in [-0.3, -0.25) is 4.79 Å². The first kappa shape index (κ1) is 17.6. The number of benzene rings is 2. The molecule has 0 radical (unpaired) electrons. The summed E-state index contributed by atoms with van der Waals surface area (Å²) < 4.78 is 13.8. The first-order valence-electron chi connectivity index (χ1n) is 9.37. The molecule has 3 aromatic rings. The summed E-state index contributed by atoms with van der Waals surface area (Å²) in [6, 6.07) is 15.8. The number of carbonyl (C=O) groups excluding carboxylic acids is 1. The predicted octanol–water partition coefficient (Wildman–Crippen LogP) is 3.87. The largest absolute Gasteiger partial charge is 0.351 e. The summed E-state index contributed by atoms with van der Waals surface area (Å²) in [6.45, 7) is 3.61. The molecule has 0 aliphatic carbocycles.